The van der Waals surface area contributed by atoms with Gasteiger partial charge in [-0.05, 0) is 42.5 Å². The number of thiophene rings is 1. The Labute approximate surface area is 159 Å². The van der Waals surface area contributed by atoms with Crippen LogP contribution in [0.1, 0.15) is 25.2 Å². The Balaban J connectivity index is 1.29. The van der Waals surface area contributed by atoms with Crippen molar-refractivity contribution >= 4 is 34.5 Å². The van der Waals surface area contributed by atoms with Crippen LogP contribution < -0.4 is 10.6 Å². The molecule has 7 nitrogen and oxygen atoms in total. The molecule has 8 heteroatoms. The van der Waals surface area contributed by atoms with Crippen LogP contribution in [-0.4, -0.2) is 22.0 Å². The van der Waals surface area contributed by atoms with Gasteiger partial charge in [-0.25, -0.2) is 0 Å². The SMILES string of the molecule is O=C(CCc1nc(-c2ccsc2)no1)Nc1cccc(NC(=O)C2CC2)c1. The molecule has 1 fully saturated rings. The summed E-state index contributed by atoms with van der Waals surface area (Å²) in [6.07, 6.45) is 2.49. The molecule has 0 unspecified atom stereocenters. The Kier molecular flexibility index (Phi) is 4.97. The quantitative estimate of drug-likeness (QED) is 0.649. The van der Waals surface area contributed by atoms with Crippen molar-refractivity contribution in [3.05, 3.63) is 47.0 Å². The van der Waals surface area contributed by atoms with E-state index in [-0.39, 0.29) is 24.2 Å². The van der Waals surface area contributed by atoms with Crippen molar-refractivity contribution in [2.24, 2.45) is 5.92 Å². The van der Waals surface area contributed by atoms with Gasteiger partial charge in [0.15, 0.2) is 0 Å². The van der Waals surface area contributed by atoms with Crippen molar-refractivity contribution in [2.45, 2.75) is 25.7 Å². The first-order valence-electron chi connectivity index (χ1n) is 8.73. The normalized spacial score (nSPS) is 13.3. The van der Waals surface area contributed by atoms with Crippen molar-refractivity contribution in [1.82, 2.24) is 10.1 Å². The lowest BCUT2D eigenvalue weighted by molar-refractivity contribution is -0.117. The first kappa shape index (κ1) is 17.4. The predicted octanol–water partition coefficient (Wildman–Crippen LogP) is 3.72. The maximum absolute atomic E-state index is 12.2. The van der Waals surface area contributed by atoms with Gasteiger partial charge in [0.05, 0.1) is 0 Å². The third-order valence-corrected chi connectivity index (χ3v) is 4.86. The lowest BCUT2D eigenvalue weighted by Crippen LogP contribution is -2.15. The van der Waals surface area contributed by atoms with E-state index in [2.05, 4.69) is 20.8 Å². The number of nitrogens with one attached hydrogen (secondary N) is 2. The minimum Gasteiger partial charge on any atom is -0.339 e. The molecule has 2 amide bonds. The minimum absolute atomic E-state index is 0.0382. The van der Waals surface area contributed by atoms with Crippen LogP contribution >= 0.6 is 11.3 Å². The average molecular weight is 382 g/mol. The number of benzene rings is 1. The molecule has 27 heavy (non-hydrogen) atoms. The molecule has 0 saturated heterocycles. The largest absolute Gasteiger partial charge is 0.339 e. The molecular weight excluding hydrogens is 364 g/mol. The van der Waals surface area contributed by atoms with E-state index < -0.39 is 0 Å². The molecule has 0 atom stereocenters. The molecule has 0 spiro atoms. The summed E-state index contributed by atoms with van der Waals surface area (Å²) >= 11 is 1.56. The van der Waals surface area contributed by atoms with Gasteiger partial charge < -0.3 is 15.2 Å². The zero-order chi connectivity index (χ0) is 18.6. The molecular formula is C19H18N4O3S. The van der Waals surface area contributed by atoms with Crippen LogP contribution in [0.15, 0.2) is 45.6 Å². The van der Waals surface area contributed by atoms with Gasteiger partial charge >= 0.3 is 0 Å². The molecule has 0 aliphatic heterocycles. The molecule has 1 aromatic carbocycles. The van der Waals surface area contributed by atoms with Crippen LogP contribution in [0.3, 0.4) is 0 Å². The van der Waals surface area contributed by atoms with Crippen LogP contribution in [0, 0.1) is 5.92 Å². The summed E-state index contributed by atoms with van der Waals surface area (Å²) in [5.74, 6) is 0.978. The summed E-state index contributed by atoms with van der Waals surface area (Å²) in [7, 11) is 0. The number of anilines is 2. The van der Waals surface area contributed by atoms with Crippen LogP contribution in [-0.2, 0) is 16.0 Å². The molecule has 0 bridgehead atoms. The zero-order valence-corrected chi connectivity index (χ0v) is 15.3. The second-order valence-electron chi connectivity index (χ2n) is 6.42. The molecule has 1 aliphatic carbocycles. The number of nitrogens with zero attached hydrogens (tertiary/aromatic N) is 2. The Morgan fingerprint density at radius 1 is 1.19 bits per heavy atom. The Bertz CT molecular complexity index is 948. The number of hydrogen-bond acceptors (Lipinski definition) is 6. The van der Waals surface area contributed by atoms with E-state index in [4.69, 9.17) is 4.52 Å². The van der Waals surface area contributed by atoms with Gasteiger partial charge in [0, 0.05) is 41.1 Å². The fraction of sp³-hybridized carbons (Fsp3) is 0.263. The van der Waals surface area contributed by atoms with E-state index in [1.54, 1.807) is 35.6 Å². The predicted molar refractivity (Wildman–Crippen MR) is 102 cm³/mol. The van der Waals surface area contributed by atoms with Crippen molar-refractivity contribution in [3.63, 3.8) is 0 Å². The summed E-state index contributed by atoms with van der Waals surface area (Å²) in [5.41, 5.74) is 2.23. The van der Waals surface area contributed by atoms with Crippen LogP contribution in [0.25, 0.3) is 11.4 Å². The zero-order valence-electron chi connectivity index (χ0n) is 14.5. The fourth-order valence-corrected chi connectivity index (χ4v) is 3.21. The number of aromatic nitrogens is 2. The first-order chi connectivity index (χ1) is 13.2. The molecule has 2 heterocycles. The van der Waals surface area contributed by atoms with E-state index in [0.29, 0.717) is 29.5 Å². The molecule has 2 aromatic heterocycles. The molecule has 1 saturated carbocycles. The van der Waals surface area contributed by atoms with Crippen molar-refractivity contribution in [1.29, 1.82) is 0 Å². The molecule has 1 aliphatic rings. The maximum atomic E-state index is 12.2. The van der Waals surface area contributed by atoms with E-state index in [1.165, 1.54) is 0 Å². The molecule has 4 rings (SSSR count). The summed E-state index contributed by atoms with van der Waals surface area (Å²) < 4.78 is 5.20. The van der Waals surface area contributed by atoms with E-state index in [0.717, 1.165) is 18.4 Å². The summed E-state index contributed by atoms with van der Waals surface area (Å²) in [6, 6.07) is 9.05. The summed E-state index contributed by atoms with van der Waals surface area (Å²) in [4.78, 5) is 28.3. The Hall–Kier alpha value is -3.00. The van der Waals surface area contributed by atoms with Gasteiger partial charge in [0.25, 0.3) is 0 Å². The van der Waals surface area contributed by atoms with Crippen molar-refractivity contribution < 1.29 is 14.1 Å². The van der Waals surface area contributed by atoms with E-state index >= 15 is 0 Å². The third kappa shape index (κ3) is 4.59. The van der Waals surface area contributed by atoms with E-state index in [1.807, 2.05) is 16.8 Å². The van der Waals surface area contributed by atoms with Gasteiger partial charge in [-0.3, -0.25) is 9.59 Å². The van der Waals surface area contributed by atoms with Crippen molar-refractivity contribution in [2.75, 3.05) is 10.6 Å². The second kappa shape index (κ2) is 7.71. The number of amides is 2. The number of rotatable bonds is 7. The highest BCUT2D eigenvalue weighted by Crippen LogP contribution is 2.30. The van der Waals surface area contributed by atoms with E-state index in [9.17, 15) is 9.59 Å². The molecule has 0 radical (unpaired) electrons. The van der Waals surface area contributed by atoms with Crippen molar-refractivity contribution in [3.8, 4) is 11.4 Å². The van der Waals surface area contributed by atoms with Crippen LogP contribution in [0.4, 0.5) is 11.4 Å². The fourth-order valence-electron chi connectivity index (χ4n) is 2.57. The summed E-state index contributed by atoms with van der Waals surface area (Å²) in [6.45, 7) is 0. The van der Waals surface area contributed by atoms with Gasteiger partial charge in [0.2, 0.25) is 23.5 Å². The highest BCUT2D eigenvalue weighted by molar-refractivity contribution is 7.08. The lowest BCUT2D eigenvalue weighted by atomic mass is 10.2. The standard InChI is InChI=1S/C19H18N4O3S/c24-16(6-7-17-22-18(23-26-17)13-8-9-27-11-13)20-14-2-1-3-15(10-14)21-19(25)12-4-5-12/h1-3,8-12H,4-7H2,(H,20,24)(H,21,25). The highest BCUT2D eigenvalue weighted by atomic mass is 32.1. The number of carbonyl (C=O) groups excluding carboxylic acids is 2. The molecule has 3 aromatic rings. The van der Waals surface area contributed by atoms with Crippen LogP contribution in [0.2, 0.25) is 0 Å². The topological polar surface area (TPSA) is 97.1 Å². The number of hydrogen-bond donors (Lipinski definition) is 2. The average Bonchev–Trinajstić information content (AvgIpc) is 3.17. The highest BCUT2D eigenvalue weighted by Gasteiger charge is 2.29. The second-order valence-corrected chi connectivity index (χ2v) is 7.20. The van der Waals surface area contributed by atoms with Gasteiger partial charge in [-0.15, -0.1) is 0 Å². The number of aryl methyl sites for hydroxylation is 1. The monoisotopic (exact) mass is 382 g/mol. The minimum atomic E-state index is -0.157. The molecule has 138 valence electrons. The Morgan fingerprint density at radius 2 is 2.00 bits per heavy atom. The Morgan fingerprint density at radius 3 is 2.74 bits per heavy atom. The van der Waals surface area contributed by atoms with Gasteiger partial charge in [0.1, 0.15) is 0 Å². The van der Waals surface area contributed by atoms with Crippen LogP contribution in [0.5, 0.6) is 0 Å². The summed E-state index contributed by atoms with van der Waals surface area (Å²) in [5, 5.41) is 13.5. The smallest absolute Gasteiger partial charge is 0.227 e. The number of carbonyl (C=O) groups is 2. The lowest BCUT2D eigenvalue weighted by Gasteiger charge is -2.08. The van der Waals surface area contributed by atoms with Gasteiger partial charge in [-0.1, -0.05) is 11.2 Å². The first-order valence-corrected chi connectivity index (χ1v) is 9.67. The van der Waals surface area contributed by atoms with Gasteiger partial charge in [-0.2, -0.15) is 16.3 Å². The third-order valence-electron chi connectivity index (χ3n) is 4.18. The molecule has 2 N–H and O–H groups in total. The maximum Gasteiger partial charge on any atom is 0.227 e.